The fourth-order valence-electron chi connectivity index (χ4n) is 3.40. The maximum atomic E-state index is 3.79. The number of hydrogen-bond acceptors (Lipinski definition) is 1. The summed E-state index contributed by atoms with van der Waals surface area (Å²) < 4.78 is 0. The van der Waals surface area contributed by atoms with E-state index in [0.29, 0.717) is 0 Å². The first-order valence-electron chi connectivity index (χ1n) is 7.81. The largest absolute Gasteiger partial charge is 0.310 e. The minimum Gasteiger partial charge on any atom is -0.310 e. The predicted molar refractivity (Wildman–Crippen MR) is 101 cm³/mol. The van der Waals surface area contributed by atoms with Gasteiger partial charge in [-0.3, -0.25) is 0 Å². The first-order valence-corrected chi connectivity index (χ1v) is 7.81. The van der Waals surface area contributed by atoms with E-state index in [2.05, 4.69) is 44.5 Å². The average Bonchev–Trinajstić information content (AvgIpc) is 2.44. The van der Waals surface area contributed by atoms with Gasteiger partial charge in [-0.15, -0.1) is 16.4 Å². The fourth-order valence-corrected chi connectivity index (χ4v) is 3.40. The Kier molecular flexibility index (Phi) is 4.94. The van der Waals surface area contributed by atoms with Gasteiger partial charge >= 0.3 is 0 Å². The zero-order chi connectivity index (χ0) is 14.0. The maximum absolute atomic E-state index is 3.79. The molecule has 0 heterocycles. The minimum absolute atomic E-state index is 0.745. The van der Waals surface area contributed by atoms with Gasteiger partial charge in [0.2, 0.25) is 0 Å². The quantitative estimate of drug-likeness (QED) is 0.526. The first kappa shape index (κ1) is 14.9. The summed E-state index contributed by atoms with van der Waals surface area (Å²) in [5.74, 6) is 0. The number of benzene rings is 1. The Bertz CT molecular complexity index is 440. The molecule has 1 aliphatic rings. The van der Waals surface area contributed by atoms with Crippen molar-refractivity contribution in [3.8, 4) is 0 Å². The topological polar surface area (TPSA) is 12.0 Å². The molecule has 0 aromatic heterocycles. The Morgan fingerprint density at radius 2 is 1.21 bits per heavy atom. The molecule has 1 N–H and O–H groups in total. The monoisotopic (exact) mass is 249 g/mol. The lowest BCUT2D eigenvalue weighted by Crippen LogP contribution is -2.57. The van der Waals surface area contributed by atoms with Crippen LogP contribution >= 0.6 is 0 Å². The van der Waals surface area contributed by atoms with Crippen LogP contribution in [0.3, 0.4) is 0 Å². The van der Waals surface area contributed by atoms with Gasteiger partial charge in [-0.05, 0) is 18.4 Å². The molecule has 0 bridgehead atoms. The second-order valence-electron chi connectivity index (χ2n) is 6.32. The van der Waals surface area contributed by atoms with Crippen LogP contribution in [-0.2, 0) is 6.54 Å². The van der Waals surface area contributed by atoms with E-state index in [0.717, 1.165) is 12.6 Å². The Morgan fingerprint density at radius 3 is 1.74 bits per heavy atom. The highest BCUT2D eigenvalue weighted by Crippen LogP contribution is 2.17. The van der Waals surface area contributed by atoms with Crippen LogP contribution in [0.1, 0.15) is 37.7 Å². The van der Waals surface area contributed by atoms with Crippen LogP contribution in [-0.4, -0.2) is 45.3 Å². The molecule has 6 heteroatoms. The molecular formula is C13H24B5N. The summed E-state index contributed by atoms with van der Waals surface area (Å²) in [4.78, 5) is 0. The fraction of sp³-hybridized carbons (Fsp3) is 0.538. The van der Waals surface area contributed by atoms with Crippen molar-refractivity contribution in [2.75, 3.05) is 0 Å². The summed E-state index contributed by atoms with van der Waals surface area (Å²) >= 11 is 0. The van der Waals surface area contributed by atoms with E-state index >= 15 is 0 Å². The normalized spacial score (nSPS) is 16.6. The molecule has 0 aliphatic heterocycles. The lowest BCUT2D eigenvalue weighted by Gasteiger charge is -2.26. The smallest absolute Gasteiger partial charge is 0.138 e. The zero-order valence-electron chi connectivity index (χ0n) is 13.3. The van der Waals surface area contributed by atoms with Crippen LogP contribution in [0, 0.1) is 0 Å². The van der Waals surface area contributed by atoms with Gasteiger partial charge in [0.25, 0.3) is 0 Å². The molecule has 0 amide bonds. The predicted octanol–water partition coefficient (Wildman–Crippen LogP) is -5.60. The SMILES string of the molecule is Bc1c(B)c(B)c(CNC2CCCCC2)c(B)c1B. The van der Waals surface area contributed by atoms with Gasteiger partial charge in [0, 0.05) is 12.6 Å². The molecule has 1 aromatic carbocycles. The molecule has 1 fully saturated rings. The van der Waals surface area contributed by atoms with Crippen LogP contribution in [0.4, 0.5) is 0 Å². The van der Waals surface area contributed by atoms with E-state index in [-0.39, 0.29) is 0 Å². The van der Waals surface area contributed by atoms with Crippen LogP contribution in [0.25, 0.3) is 0 Å². The molecule has 0 spiro atoms. The van der Waals surface area contributed by atoms with Crippen LogP contribution < -0.4 is 32.6 Å². The van der Waals surface area contributed by atoms with E-state index in [1.54, 1.807) is 0 Å². The summed E-state index contributed by atoms with van der Waals surface area (Å²) in [6.07, 6.45) is 6.96. The Hall–Kier alpha value is -0.495. The van der Waals surface area contributed by atoms with E-state index in [4.69, 9.17) is 0 Å². The molecule has 0 radical (unpaired) electrons. The lowest BCUT2D eigenvalue weighted by molar-refractivity contribution is 0.373. The standard InChI is InChI=1S/C13H24B5N/c14-9-8(6-19-7-4-2-1-3-5-7)10(15)12(17)13(18)11(9)16/h7,19H,1-6,14-18H2. The van der Waals surface area contributed by atoms with Gasteiger partial charge in [-0.25, -0.2) is 0 Å². The summed E-state index contributed by atoms with van der Waals surface area (Å²) in [5, 5.41) is 3.79. The van der Waals surface area contributed by atoms with E-state index in [9.17, 15) is 0 Å². The molecule has 0 atom stereocenters. The number of rotatable bonds is 3. The van der Waals surface area contributed by atoms with E-state index in [1.807, 2.05) is 0 Å². The van der Waals surface area contributed by atoms with Crippen LogP contribution in [0.2, 0.25) is 0 Å². The van der Waals surface area contributed by atoms with Gasteiger partial charge in [-0.1, -0.05) is 30.2 Å². The van der Waals surface area contributed by atoms with Gasteiger partial charge in [0.1, 0.15) is 39.2 Å². The van der Waals surface area contributed by atoms with Crippen molar-refractivity contribution < 1.29 is 0 Å². The van der Waals surface area contributed by atoms with Crippen molar-refractivity contribution in [1.29, 1.82) is 0 Å². The molecule has 19 heavy (non-hydrogen) atoms. The molecular weight excluding hydrogens is 224 g/mol. The third-order valence-corrected chi connectivity index (χ3v) is 5.33. The van der Waals surface area contributed by atoms with Gasteiger partial charge in [0.15, 0.2) is 0 Å². The van der Waals surface area contributed by atoms with Crippen molar-refractivity contribution in [2.45, 2.75) is 44.7 Å². The number of hydrogen-bond donors (Lipinski definition) is 1. The lowest BCUT2D eigenvalue weighted by atomic mass is 9.60. The Balaban J connectivity index is 2.15. The van der Waals surface area contributed by atoms with Crippen LogP contribution in [0.5, 0.6) is 0 Å². The third-order valence-electron chi connectivity index (χ3n) is 5.33. The first-order chi connectivity index (χ1) is 9.02. The van der Waals surface area contributed by atoms with E-state index < -0.39 is 0 Å². The molecule has 0 saturated heterocycles. The van der Waals surface area contributed by atoms with E-state index in [1.165, 1.54) is 65.0 Å². The van der Waals surface area contributed by atoms with Gasteiger partial charge < -0.3 is 5.32 Å². The molecule has 1 aliphatic carbocycles. The highest BCUT2D eigenvalue weighted by atomic mass is 14.9. The summed E-state index contributed by atoms with van der Waals surface area (Å²) in [6.45, 7) is 1.05. The minimum atomic E-state index is 0.745. The molecule has 96 valence electrons. The molecule has 0 unspecified atom stereocenters. The van der Waals surface area contributed by atoms with Crippen molar-refractivity contribution in [3.63, 3.8) is 0 Å². The molecule has 2 rings (SSSR count). The second-order valence-corrected chi connectivity index (χ2v) is 6.32. The Labute approximate surface area is 122 Å². The maximum Gasteiger partial charge on any atom is 0.138 e. The van der Waals surface area contributed by atoms with Crippen molar-refractivity contribution in [3.05, 3.63) is 5.56 Å². The van der Waals surface area contributed by atoms with Gasteiger partial charge in [-0.2, -0.15) is 0 Å². The van der Waals surface area contributed by atoms with Crippen molar-refractivity contribution >= 4 is 66.5 Å². The zero-order valence-corrected chi connectivity index (χ0v) is 13.3. The van der Waals surface area contributed by atoms with Crippen molar-refractivity contribution in [1.82, 2.24) is 5.32 Å². The summed E-state index contributed by atoms with van der Waals surface area (Å²) in [6, 6.07) is 0.745. The van der Waals surface area contributed by atoms with Gasteiger partial charge in [0.05, 0.1) is 0 Å². The average molecular weight is 248 g/mol. The highest BCUT2D eigenvalue weighted by Gasteiger charge is 2.15. The third kappa shape index (κ3) is 3.16. The highest BCUT2D eigenvalue weighted by molar-refractivity contribution is 6.67. The second kappa shape index (κ2) is 6.30. The molecule has 1 aromatic rings. The summed E-state index contributed by atoms with van der Waals surface area (Å²) in [5.41, 5.74) is 8.93. The van der Waals surface area contributed by atoms with Crippen molar-refractivity contribution in [2.24, 2.45) is 0 Å². The molecule has 1 saturated carbocycles. The number of nitrogens with one attached hydrogen (secondary N) is 1. The Morgan fingerprint density at radius 1 is 0.737 bits per heavy atom. The summed E-state index contributed by atoms with van der Waals surface area (Å²) in [7, 11) is 11.4. The van der Waals surface area contributed by atoms with Crippen LogP contribution in [0.15, 0.2) is 0 Å². The molecule has 1 nitrogen and oxygen atoms in total.